The average Bonchev–Trinajstić information content (AvgIpc) is 3.05. The highest BCUT2D eigenvalue weighted by atomic mass is 16.5. The summed E-state index contributed by atoms with van der Waals surface area (Å²) in [6.07, 6.45) is 5.72. The summed E-state index contributed by atoms with van der Waals surface area (Å²) < 4.78 is 6.52. The molecule has 2 aromatic carbocycles. The minimum atomic E-state index is -0.0950. The maximum Gasteiger partial charge on any atom is 0.257 e. The van der Waals surface area contributed by atoms with Gasteiger partial charge in [-0.1, -0.05) is 49.4 Å². The summed E-state index contributed by atoms with van der Waals surface area (Å²) in [5.41, 5.74) is 2.04. The number of aromatic nitrogens is 1. The van der Waals surface area contributed by atoms with Crippen LogP contribution in [0.25, 0.3) is 0 Å². The smallest absolute Gasteiger partial charge is 0.257 e. The molecule has 0 radical (unpaired) electrons. The van der Waals surface area contributed by atoms with Crippen LogP contribution < -0.4 is 9.64 Å². The second kappa shape index (κ2) is 13.5. The number of pyridine rings is 1. The summed E-state index contributed by atoms with van der Waals surface area (Å²) in [7, 11) is 0. The molecule has 2 aliphatic heterocycles. The number of nitrogens with zero attached hydrogens (tertiary/aromatic N) is 5. The van der Waals surface area contributed by atoms with Gasteiger partial charge in [-0.3, -0.25) is 9.59 Å². The van der Waals surface area contributed by atoms with Crippen LogP contribution in [0.3, 0.4) is 0 Å². The van der Waals surface area contributed by atoms with E-state index in [0.29, 0.717) is 49.5 Å². The second-order valence-corrected chi connectivity index (χ2v) is 11.3. The van der Waals surface area contributed by atoms with Crippen molar-refractivity contribution in [1.29, 1.82) is 5.26 Å². The first kappa shape index (κ1) is 29.1. The lowest BCUT2D eigenvalue weighted by molar-refractivity contribution is -0.133. The van der Waals surface area contributed by atoms with Crippen LogP contribution in [-0.4, -0.2) is 65.9 Å². The van der Waals surface area contributed by atoms with Crippen molar-refractivity contribution in [3.63, 3.8) is 0 Å². The van der Waals surface area contributed by atoms with Gasteiger partial charge in [0.25, 0.3) is 5.91 Å². The summed E-state index contributed by atoms with van der Waals surface area (Å²) in [5, 5.41) is 9.28. The van der Waals surface area contributed by atoms with E-state index in [0.717, 1.165) is 56.7 Å². The van der Waals surface area contributed by atoms with Crippen LogP contribution in [0.4, 0.5) is 5.82 Å². The molecule has 0 saturated carbocycles. The van der Waals surface area contributed by atoms with Crippen LogP contribution in [-0.2, 0) is 11.3 Å². The van der Waals surface area contributed by atoms with E-state index >= 15 is 0 Å². The molecule has 0 bridgehead atoms. The highest BCUT2D eigenvalue weighted by molar-refractivity contribution is 5.97. The number of para-hydroxylation sites is 1. The molecule has 2 amide bonds. The first-order valence-electron chi connectivity index (χ1n) is 14.9. The zero-order valence-corrected chi connectivity index (χ0v) is 24.4. The number of likely N-dealkylation sites (tertiary alicyclic amines) is 1. The molecular weight excluding hydrogens is 526 g/mol. The number of anilines is 1. The number of hydrogen-bond donors (Lipinski definition) is 0. The monoisotopic (exact) mass is 565 g/mol. The topological polar surface area (TPSA) is 89.8 Å². The van der Waals surface area contributed by atoms with E-state index in [-0.39, 0.29) is 17.2 Å². The fourth-order valence-electron chi connectivity index (χ4n) is 6.01. The third-order valence-electron chi connectivity index (χ3n) is 8.61. The highest BCUT2D eigenvalue weighted by Crippen LogP contribution is 2.38. The van der Waals surface area contributed by atoms with E-state index < -0.39 is 0 Å². The quantitative estimate of drug-likeness (QED) is 0.427. The lowest BCUT2D eigenvalue weighted by Gasteiger charge is -2.42. The summed E-state index contributed by atoms with van der Waals surface area (Å²) in [5.74, 6) is 1.53. The van der Waals surface area contributed by atoms with Crippen molar-refractivity contribution in [3.8, 4) is 11.8 Å². The summed E-state index contributed by atoms with van der Waals surface area (Å²) in [6.45, 7) is 6.21. The molecule has 3 aromatic rings. The second-order valence-electron chi connectivity index (χ2n) is 11.3. The Hall–Kier alpha value is -4.38. The molecule has 218 valence electrons. The SMILES string of the molecule is CCC(=O)N1CCC2(CCCN(c3ccc(C#N)cn3)CCN(Cc3ccccc3)C(=O)c3ccccc3OC2)CC1. The van der Waals surface area contributed by atoms with Gasteiger partial charge in [-0.2, -0.15) is 5.26 Å². The number of nitriles is 1. The van der Waals surface area contributed by atoms with Gasteiger partial charge in [0.2, 0.25) is 5.91 Å². The molecule has 2 aliphatic rings. The van der Waals surface area contributed by atoms with Crippen LogP contribution in [0.5, 0.6) is 5.75 Å². The number of hydrogen-bond acceptors (Lipinski definition) is 6. The molecule has 42 heavy (non-hydrogen) atoms. The van der Waals surface area contributed by atoms with Gasteiger partial charge in [0.15, 0.2) is 0 Å². The minimum absolute atomic E-state index is 0.0705. The van der Waals surface area contributed by atoms with Crippen LogP contribution in [0.1, 0.15) is 60.5 Å². The Kier molecular flexibility index (Phi) is 9.38. The third kappa shape index (κ3) is 6.91. The van der Waals surface area contributed by atoms with Gasteiger partial charge in [0.1, 0.15) is 17.6 Å². The molecule has 1 saturated heterocycles. The fraction of sp³-hybridized carbons (Fsp3) is 0.412. The average molecular weight is 566 g/mol. The molecule has 1 aromatic heterocycles. The molecule has 1 spiro atoms. The number of benzene rings is 2. The number of carbonyl (C=O) groups excluding carboxylic acids is 2. The molecule has 8 heteroatoms. The van der Waals surface area contributed by atoms with Crippen LogP contribution >= 0.6 is 0 Å². The molecule has 0 N–H and O–H groups in total. The van der Waals surface area contributed by atoms with E-state index in [4.69, 9.17) is 4.74 Å². The van der Waals surface area contributed by atoms with Crippen molar-refractivity contribution in [3.05, 3.63) is 89.6 Å². The largest absolute Gasteiger partial charge is 0.492 e. The normalized spacial score (nSPS) is 17.7. The summed E-state index contributed by atoms with van der Waals surface area (Å²) in [4.78, 5) is 37.2. The standard InChI is InChI=1S/C34H39N5O3/c1-2-32(40)38-19-16-34(17-20-38)15-8-18-37(31-14-13-28(23-35)24-36-31)21-22-39(25-27-9-4-3-5-10-27)33(41)29-11-6-7-12-30(29)42-26-34/h3-7,9-14,24H,2,8,15-22,25-26H2,1H3. The Bertz CT molecular complexity index is 1390. The highest BCUT2D eigenvalue weighted by Gasteiger charge is 2.37. The van der Waals surface area contributed by atoms with E-state index in [1.165, 1.54) is 0 Å². The van der Waals surface area contributed by atoms with E-state index in [2.05, 4.69) is 16.0 Å². The minimum Gasteiger partial charge on any atom is -0.492 e. The van der Waals surface area contributed by atoms with Crippen LogP contribution in [0, 0.1) is 16.7 Å². The predicted molar refractivity (Wildman–Crippen MR) is 162 cm³/mol. The lowest BCUT2D eigenvalue weighted by atomic mass is 9.75. The van der Waals surface area contributed by atoms with Gasteiger partial charge in [-0.15, -0.1) is 0 Å². The molecule has 0 unspecified atom stereocenters. The predicted octanol–water partition coefficient (Wildman–Crippen LogP) is 5.29. The first-order valence-corrected chi connectivity index (χ1v) is 14.9. The summed E-state index contributed by atoms with van der Waals surface area (Å²) >= 11 is 0. The van der Waals surface area contributed by atoms with Crippen molar-refractivity contribution < 1.29 is 14.3 Å². The first-order chi connectivity index (χ1) is 20.5. The van der Waals surface area contributed by atoms with Crippen molar-refractivity contribution in [1.82, 2.24) is 14.8 Å². The van der Waals surface area contributed by atoms with Crippen LogP contribution in [0.2, 0.25) is 0 Å². The Labute approximate surface area is 248 Å². The van der Waals surface area contributed by atoms with Gasteiger partial charge in [0.05, 0.1) is 17.7 Å². The fourth-order valence-corrected chi connectivity index (χ4v) is 6.01. The van der Waals surface area contributed by atoms with Crippen molar-refractivity contribution in [2.24, 2.45) is 5.41 Å². The van der Waals surface area contributed by atoms with Gasteiger partial charge in [-0.05, 0) is 55.5 Å². The number of fused-ring (bicyclic) bond motifs is 1. The number of carbonyl (C=O) groups is 2. The summed E-state index contributed by atoms with van der Waals surface area (Å²) in [6, 6.07) is 23.4. The molecule has 0 atom stereocenters. The van der Waals surface area contributed by atoms with Crippen molar-refractivity contribution in [2.45, 2.75) is 45.6 Å². The number of amides is 2. The molecule has 8 nitrogen and oxygen atoms in total. The lowest BCUT2D eigenvalue weighted by Crippen LogP contribution is -2.45. The molecule has 3 heterocycles. The molecule has 5 rings (SSSR count). The van der Waals surface area contributed by atoms with Gasteiger partial charge >= 0.3 is 0 Å². The zero-order valence-electron chi connectivity index (χ0n) is 24.4. The number of rotatable bonds is 4. The molecular formula is C34H39N5O3. The maximum absolute atomic E-state index is 14.1. The number of piperidine rings is 1. The maximum atomic E-state index is 14.1. The Morgan fingerprint density at radius 2 is 1.71 bits per heavy atom. The molecule has 0 aliphatic carbocycles. The zero-order chi connectivity index (χ0) is 29.4. The van der Waals surface area contributed by atoms with E-state index in [9.17, 15) is 14.9 Å². The van der Waals surface area contributed by atoms with Gasteiger partial charge < -0.3 is 19.4 Å². The van der Waals surface area contributed by atoms with Crippen LogP contribution in [0.15, 0.2) is 72.9 Å². The van der Waals surface area contributed by atoms with Gasteiger partial charge in [-0.25, -0.2) is 4.98 Å². The van der Waals surface area contributed by atoms with E-state index in [1.54, 1.807) is 12.3 Å². The van der Waals surface area contributed by atoms with Crippen molar-refractivity contribution >= 4 is 17.6 Å². The Morgan fingerprint density at radius 3 is 2.43 bits per heavy atom. The number of ether oxygens (including phenoxy) is 1. The van der Waals surface area contributed by atoms with E-state index in [1.807, 2.05) is 77.4 Å². The van der Waals surface area contributed by atoms with Crippen molar-refractivity contribution in [2.75, 3.05) is 44.2 Å². The Balaban J connectivity index is 1.46. The Morgan fingerprint density at radius 1 is 0.952 bits per heavy atom. The third-order valence-corrected chi connectivity index (χ3v) is 8.61. The molecule has 1 fully saturated rings. The van der Waals surface area contributed by atoms with Gasteiger partial charge in [0, 0.05) is 57.3 Å².